The highest BCUT2D eigenvalue weighted by Crippen LogP contribution is 2.35. The summed E-state index contributed by atoms with van der Waals surface area (Å²) in [6, 6.07) is 21.1. The number of aryl methyl sites for hydroxylation is 1. The first kappa shape index (κ1) is 25.7. The quantitative estimate of drug-likeness (QED) is 0.249. The molecule has 4 rings (SSSR count). The fourth-order valence-electron chi connectivity index (χ4n) is 5.19. The molecule has 0 spiro atoms. The molecule has 0 aromatic heterocycles. The maximum Gasteiger partial charge on any atom is 0.145 e. The van der Waals surface area contributed by atoms with Gasteiger partial charge in [-0.3, -0.25) is 0 Å². The van der Waals surface area contributed by atoms with Crippen LogP contribution in [0.5, 0.6) is 0 Å². The van der Waals surface area contributed by atoms with Crippen LogP contribution in [0.15, 0.2) is 66.7 Å². The lowest BCUT2D eigenvalue weighted by Gasteiger charge is -2.22. The zero-order valence-electron chi connectivity index (χ0n) is 21.3. The molecule has 0 nitrogen and oxygen atoms in total. The van der Waals surface area contributed by atoms with Crippen LogP contribution in [0.25, 0.3) is 27.8 Å². The van der Waals surface area contributed by atoms with Crippen molar-refractivity contribution in [3.63, 3.8) is 0 Å². The van der Waals surface area contributed by atoms with Crippen LogP contribution < -0.4 is 0 Å². The highest BCUT2D eigenvalue weighted by atomic mass is 35.5. The van der Waals surface area contributed by atoms with Gasteiger partial charge in [0, 0.05) is 5.56 Å². The van der Waals surface area contributed by atoms with Gasteiger partial charge in [-0.25, -0.2) is 4.39 Å². The average molecular weight is 489 g/mol. The Labute approximate surface area is 216 Å². The lowest BCUT2D eigenvalue weighted by molar-refractivity contribution is 0.428. The maximum atomic E-state index is 14.8. The molecule has 35 heavy (non-hydrogen) atoms. The predicted octanol–water partition coefficient (Wildman–Crippen LogP) is 10.9. The van der Waals surface area contributed by atoms with Crippen LogP contribution in [-0.2, 0) is 6.42 Å². The van der Waals surface area contributed by atoms with Gasteiger partial charge in [0.25, 0.3) is 0 Å². The minimum atomic E-state index is -0.276. The second kappa shape index (κ2) is 12.5. The van der Waals surface area contributed by atoms with E-state index in [0.29, 0.717) is 5.56 Å². The van der Waals surface area contributed by atoms with E-state index in [-0.39, 0.29) is 10.8 Å². The second-order valence-corrected chi connectivity index (χ2v) is 10.4. The second-order valence-electron chi connectivity index (χ2n) is 10.0. The van der Waals surface area contributed by atoms with Gasteiger partial charge >= 0.3 is 0 Å². The standard InChI is InChI=1S/C33H38ClF/c1-3-5-7-8-24-10-12-25(13-11-24)26-14-16-27(17-15-26)28-18-20-29(21-19-28)31-23-22-30(9-6-4-2)33(35)32(31)34/h12,14-24H,3-11,13H2,1-2H3. The summed E-state index contributed by atoms with van der Waals surface area (Å²) < 4.78 is 14.8. The van der Waals surface area contributed by atoms with Crippen molar-refractivity contribution in [2.75, 3.05) is 0 Å². The van der Waals surface area contributed by atoms with E-state index in [0.717, 1.165) is 41.9 Å². The molecule has 0 fully saturated rings. The molecule has 1 aliphatic rings. The molecule has 3 aromatic rings. The summed E-state index contributed by atoms with van der Waals surface area (Å²) in [7, 11) is 0. The molecule has 0 N–H and O–H groups in total. The molecular formula is C33H38ClF. The molecular weight excluding hydrogens is 451 g/mol. The van der Waals surface area contributed by atoms with Gasteiger partial charge in [-0.2, -0.15) is 0 Å². The van der Waals surface area contributed by atoms with Crippen LogP contribution in [0, 0.1) is 11.7 Å². The van der Waals surface area contributed by atoms with Crippen LogP contribution >= 0.6 is 11.6 Å². The molecule has 0 aliphatic heterocycles. The normalized spacial score (nSPS) is 15.8. The van der Waals surface area contributed by atoms with Crippen LogP contribution in [0.1, 0.15) is 82.8 Å². The number of unbranched alkanes of at least 4 members (excludes halogenated alkanes) is 3. The van der Waals surface area contributed by atoms with Gasteiger partial charge in [0.05, 0.1) is 5.02 Å². The molecule has 1 atom stereocenters. The molecule has 0 amide bonds. The van der Waals surface area contributed by atoms with Crippen LogP contribution in [0.3, 0.4) is 0 Å². The monoisotopic (exact) mass is 488 g/mol. The maximum absolute atomic E-state index is 14.8. The zero-order valence-corrected chi connectivity index (χ0v) is 22.0. The largest absolute Gasteiger partial charge is 0.205 e. The van der Waals surface area contributed by atoms with E-state index >= 15 is 0 Å². The number of hydrogen-bond acceptors (Lipinski definition) is 0. The number of hydrogen-bond donors (Lipinski definition) is 0. The molecule has 0 saturated heterocycles. The Bertz CT molecular complexity index is 1130. The summed E-state index contributed by atoms with van der Waals surface area (Å²) >= 11 is 6.42. The molecule has 184 valence electrons. The number of benzene rings is 3. The Kier molecular flexibility index (Phi) is 9.21. The zero-order chi connectivity index (χ0) is 24.6. The van der Waals surface area contributed by atoms with Crippen LogP contribution in [-0.4, -0.2) is 0 Å². The number of allylic oxidation sites excluding steroid dienone is 2. The van der Waals surface area contributed by atoms with Crippen molar-refractivity contribution >= 4 is 17.2 Å². The number of rotatable bonds is 10. The minimum absolute atomic E-state index is 0.226. The summed E-state index contributed by atoms with van der Waals surface area (Å²) in [6.07, 6.45) is 14.4. The first-order valence-corrected chi connectivity index (χ1v) is 13.9. The highest BCUT2D eigenvalue weighted by molar-refractivity contribution is 6.33. The lowest BCUT2D eigenvalue weighted by atomic mass is 9.83. The minimum Gasteiger partial charge on any atom is -0.205 e. The van der Waals surface area contributed by atoms with E-state index in [4.69, 9.17) is 11.6 Å². The van der Waals surface area contributed by atoms with E-state index in [9.17, 15) is 4.39 Å². The van der Waals surface area contributed by atoms with Gasteiger partial charge in [0.1, 0.15) is 5.82 Å². The molecule has 2 heteroatoms. The van der Waals surface area contributed by atoms with E-state index < -0.39 is 0 Å². The summed E-state index contributed by atoms with van der Waals surface area (Å²) in [5.41, 5.74) is 7.60. The molecule has 0 radical (unpaired) electrons. The van der Waals surface area contributed by atoms with Crippen molar-refractivity contribution in [2.24, 2.45) is 5.92 Å². The van der Waals surface area contributed by atoms with Gasteiger partial charge in [-0.1, -0.05) is 124 Å². The van der Waals surface area contributed by atoms with Crippen molar-refractivity contribution in [1.82, 2.24) is 0 Å². The summed E-state index contributed by atoms with van der Waals surface area (Å²) in [6.45, 7) is 4.39. The van der Waals surface area contributed by atoms with Gasteiger partial charge in [0.15, 0.2) is 0 Å². The Morgan fingerprint density at radius 2 is 1.40 bits per heavy atom. The van der Waals surface area contributed by atoms with E-state index in [2.05, 4.69) is 56.3 Å². The van der Waals surface area contributed by atoms with Gasteiger partial charge in [-0.15, -0.1) is 0 Å². The van der Waals surface area contributed by atoms with Crippen molar-refractivity contribution in [2.45, 2.75) is 78.1 Å². The van der Waals surface area contributed by atoms with Gasteiger partial charge in [-0.05, 0) is 71.4 Å². The Hall–Kier alpha value is -2.38. The first-order chi connectivity index (χ1) is 17.1. The summed E-state index contributed by atoms with van der Waals surface area (Å²) in [4.78, 5) is 0. The van der Waals surface area contributed by atoms with Crippen molar-refractivity contribution in [3.8, 4) is 22.3 Å². The van der Waals surface area contributed by atoms with E-state index in [1.165, 1.54) is 61.6 Å². The van der Waals surface area contributed by atoms with E-state index in [1.54, 1.807) is 0 Å². The molecule has 1 unspecified atom stereocenters. The third kappa shape index (κ3) is 6.44. The highest BCUT2D eigenvalue weighted by Gasteiger charge is 2.16. The Morgan fingerprint density at radius 1 is 0.771 bits per heavy atom. The molecule has 1 aliphatic carbocycles. The van der Waals surface area contributed by atoms with Crippen LogP contribution in [0.2, 0.25) is 5.02 Å². The van der Waals surface area contributed by atoms with E-state index in [1.807, 2.05) is 24.3 Å². The van der Waals surface area contributed by atoms with Gasteiger partial charge in [0.2, 0.25) is 0 Å². The summed E-state index contributed by atoms with van der Waals surface area (Å²) in [5, 5.41) is 0.226. The smallest absolute Gasteiger partial charge is 0.145 e. The van der Waals surface area contributed by atoms with Crippen molar-refractivity contribution in [3.05, 3.63) is 88.7 Å². The number of halogens is 2. The van der Waals surface area contributed by atoms with Gasteiger partial charge < -0.3 is 0 Å². The Morgan fingerprint density at radius 3 is 2.00 bits per heavy atom. The molecule has 0 heterocycles. The third-order valence-corrected chi connectivity index (χ3v) is 7.85. The topological polar surface area (TPSA) is 0 Å². The van der Waals surface area contributed by atoms with Crippen LogP contribution in [0.4, 0.5) is 4.39 Å². The fraction of sp³-hybridized carbons (Fsp3) is 0.394. The summed E-state index contributed by atoms with van der Waals surface area (Å²) in [5.74, 6) is 0.596. The van der Waals surface area contributed by atoms with Crippen molar-refractivity contribution in [1.29, 1.82) is 0 Å². The SMILES string of the molecule is CCCCCC1CC=C(c2ccc(-c3ccc(-c4ccc(CCCC)c(F)c4Cl)cc3)cc2)CC1. The fourth-order valence-corrected chi connectivity index (χ4v) is 5.48. The third-order valence-electron chi connectivity index (χ3n) is 7.48. The average Bonchev–Trinajstić information content (AvgIpc) is 2.90. The van der Waals surface area contributed by atoms with Crippen molar-refractivity contribution < 1.29 is 4.39 Å². The lowest BCUT2D eigenvalue weighted by Crippen LogP contribution is -2.05. The first-order valence-electron chi connectivity index (χ1n) is 13.5. The molecule has 0 saturated carbocycles. The Balaban J connectivity index is 1.43. The predicted molar refractivity (Wildman–Crippen MR) is 150 cm³/mol. The molecule has 3 aromatic carbocycles. The molecule has 0 bridgehead atoms.